The Labute approximate surface area is 265 Å². The predicted octanol–water partition coefficient (Wildman–Crippen LogP) is -2.24. The van der Waals surface area contributed by atoms with E-state index in [-0.39, 0.29) is 62.8 Å². The molecule has 0 aromatic heterocycles. The number of hydrogen-bond donors (Lipinski definition) is 6. The summed E-state index contributed by atoms with van der Waals surface area (Å²) in [6, 6.07) is 0. The topological polar surface area (TPSA) is 237 Å². The molecule has 0 heterocycles. The fourth-order valence-corrected chi connectivity index (χ4v) is 2.75. The molecule has 0 saturated heterocycles. The summed E-state index contributed by atoms with van der Waals surface area (Å²) in [4.78, 5) is 67.5. The number of nitrogens with two attached hydrogens (primary N) is 1. The van der Waals surface area contributed by atoms with Crippen LogP contribution in [0, 0.1) is 0 Å². The molecule has 0 saturated carbocycles. The summed E-state index contributed by atoms with van der Waals surface area (Å²) >= 11 is 0. The second-order valence-corrected chi connectivity index (χ2v) is 9.04. The number of rotatable bonds is 27. The van der Waals surface area contributed by atoms with E-state index in [0.29, 0.717) is 72.2 Å². The van der Waals surface area contributed by atoms with Gasteiger partial charge in [-0.2, -0.15) is 13.2 Å². The lowest BCUT2D eigenvalue weighted by Crippen LogP contribution is -2.39. The third-order valence-corrected chi connectivity index (χ3v) is 5.23. The number of unbranched alkanes of at least 4 members (excludes halogenated alkanes) is 1. The Balaban J connectivity index is 0. The molecule has 0 bridgehead atoms. The monoisotopic (exact) mass is 676 g/mol. The first kappa shape index (κ1) is 44.5. The van der Waals surface area contributed by atoms with Crippen molar-refractivity contribution in [3.05, 3.63) is 0 Å². The number of nitrogens with zero attached hydrogens (tertiary/aromatic N) is 1. The van der Waals surface area contributed by atoms with E-state index in [4.69, 9.17) is 34.6 Å². The van der Waals surface area contributed by atoms with Crippen LogP contribution in [0.5, 0.6) is 0 Å². The van der Waals surface area contributed by atoms with Crippen molar-refractivity contribution in [2.24, 2.45) is 5.73 Å². The molecule has 7 N–H and O–H groups in total. The fourth-order valence-electron chi connectivity index (χ4n) is 2.75. The van der Waals surface area contributed by atoms with Crippen LogP contribution in [0.4, 0.5) is 13.2 Å². The van der Waals surface area contributed by atoms with Crippen LogP contribution in [0.15, 0.2) is 0 Å². The first-order valence-electron chi connectivity index (χ1n) is 14.4. The van der Waals surface area contributed by atoms with Gasteiger partial charge in [0.15, 0.2) is 0 Å². The number of nitrogens with one attached hydrogen (secondary N) is 4. The average molecular weight is 677 g/mol. The van der Waals surface area contributed by atoms with E-state index in [0.717, 1.165) is 12.8 Å². The standard InChI is InChI=1S/C24H46N6O9.C2HF3O2/c1-30(24(35)19-29-22(33)4-10-36-12-6-25)9-13-38-15-17-39-16-14-37-11-5-21(32)28-18-23(34)27-8-3-2-7-26-20-31;3-2(4,5)1(6)7/h20H,2-19,25H2,1H3,(H,26,31)(H,27,34)(H,28,32)(H,29,33);(H,6,7). The summed E-state index contributed by atoms with van der Waals surface area (Å²) in [6.45, 7) is 4.18. The van der Waals surface area contributed by atoms with Crippen molar-refractivity contribution in [1.82, 2.24) is 26.2 Å². The van der Waals surface area contributed by atoms with Crippen LogP contribution in [-0.4, -0.2) is 151 Å². The summed E-state index contributed by atoms with van der Waals surface area (Å²) in [5.41, 5.74) is 5.29. The number of aliphatic carboxylic acids is 1. The molecule has 0 rings (SSSR count). The zero-order chi connectivity index (χ0) is 35.1. The number of amides is 5. The van der Waals surface area contributed by atoms with Gasteiger partial charge in [-0.1, -0.05) is 0 Å². The number of likely N-dealkylation sites (N-methyl/N-ethyl adjacent to an activating group) is 1. The first-order valence-corrected chi connectivity index (χ1v) is 14.4. The van der Waals surface area contributed by atoms with E-state index in [2.05, 4.69) is 21.3 Å². The molecule has 17 nitrogen and oxygen atoms in total. The van der Waals surface area contributed by atoms with Gasteiger partial charge in [0.1, 0.15) is 0 Å². The lowest BCUT2D eigenvalue weighted by Gasteiger charge is -2.17. The van der Waals surface area contributed by atoms with Gasteiger partial charge >= 0.3 is 12.1 Å². The number of halogens is 3. The lowest BCUT2D eigenvalue weighted by molar-refractivity contribution is -0.192. The molecule has 0 atom stereocenters. The van der Waals surface area contributed by atoms with Gasteiger partial charge < -0.3 is 56.0 Å². The molecule has 0 aliphatic rings. The Hall–Kier alpha value is -3.59. The number of hydrogen-bond acceptors (Lipinski definition) is 11. The zero-order valence-corrected chi connectivity index (χ0v) is 26.0. The minimum Gasteiger partial charge on any atom is -0.475 e. The first-order chi connectivity index (χ1) is 21.8. The molecule has 0 aromatic rings. The Kier molecular flexibility index (Phi) is 29.1. The third-order valence-electron chi connectivity index (χ3n) is 5.23. The molecular formula is C26H47F3N6O11. The highest BCUT2D eigenvalue weighted by molar-refractivity contribution is 5.85. The van der Waals surface area contributed by atoms with Crippen molar-refractivity contribution >= 4 is 36.0 Å². The second kappa shape index (κ2) is 30.1. The fraction of sp³-hybridized carbons (Fsp3) is 0.769. The average Bonchev–Trinajstić information content (AvgIpc) is 3.01. The molecule has 0 aromatic carbocycles. The molecule has 0 spiro atoms. The van der Waals surface area contributed by atoms with Crippen molar-refractivity contribution < 1.29 is 66.0 Å². The van der Waals surface area contributed by atoms with Crippen LogP contribution < -0.4 is 27.0 Å². The van der Waals surface area contributed by atoms with Crippen molar-refractivity contribution in [3.63, 3.8) is 0 Å². The van der Waals surface area contributed by atoms with Crippen LogP contribution in [0.1, 0.15) is 25.7 Å². The van der Waals surface area contributed by atoms with Gasteiger partial charge in [0.05, 0.1) is 65.9 Å². The molecule has 0 unspecified atom stereocenters. The van der Waals surface area contributed by atoms with E-state index in [1.165, 1.54) is 4.90 Å². The zero-order valence-electron chi connectivity index (χ0n) is 26.0. The van der Waals surface area contributed by atoms with Crippen LogP contribution in [0.3, 0.4) is 0 Å². The van der Waals surface area contributed by atoms with E-state index >= 15 is 0 Å². The van der Waals surface area contributed by atoms with E-state index in [9.17, 15) is 37.1 Å². The quantitative estimate of drug-likeness (QED) is 0.0400. The molecular weight excluding hydrogens is 629 g/mol. The lowest BCUT2D eigenvalue weighted by atomic mass is 10.3. The Morgan fingerprint density at radius 1 is 0.739 bits per heavy atom. The molecule has 0 radical (unpaired) electrons. The van der Waals surface area contributed by atoms with Crippen molar-refractivity contribution in [2.75, 3.05) is 99.2 Å². The Morgan fingerprint density at radius 2 is 1.22 bits per heavy atom. The number of carbonyl (C=O) groups excluding carboxylic acids is 5. The molecule has 46 heavy (non-hydrogen) atoms. The van der Waals surface area contributed by atoms with Crippen molar-refractivity contribution in [3.8, 4) is 0 Å². The van der Waals surface area contributed by atoms with Crippen LogP contribution in [0.25, 0.3) is 0 Å². The number of carbonyl (C=O) groups is 6. The summed E-state index contributed by atoms with van der Waals surface area (Å²) in [7, 11) is 1.63. The van der Waals surface area contributed by atoms with Crippen molar-refractivity contribution in [1.29, 1.82) is 0 Å². The van der Waals surface area contributed by atoms with E-state index in [1.54, 1.807) is 7.05 Å². The van der Waals surface area contributed by atoms with Gasteiger partial charge in [0.25, 0.3) is 0 Å². The van der Waals surface area contributed by atoms with Crippen LogP contribution in [-0.2, 0) is 47.7 Å². The summed E-state index contributed by atoms with van der Waals surface area (Å²) in [6.07, 6.45) is -2.65. The molecule has 0 aliphatic heterocycles. The largest absolute Gasteiger partial charge is 0.490 e. The Bertz CT molecular complexity index is 870. The summed E-state index contributed by atoms with van der Waals surface area (Å²) < 4.78 is 53.0. The molecule has 5 amide bonds. The van der Waals surface area contributed by atoms with Gasteiger partial charge in [-0.25, -0.2) is 4.79 Å². The highest BCUT2D eigenvalue weighted by Gasteiger charge is 2.38. The van der Waals surface area contributed by atoms with Gasteiger partial charge in [0, 0.05) is 46.1 Å². The smallest absolute Gasteiger partial charge is 0.475 e. The van der Waals surface area contributed by atoms with Crippen molar-refractivity contribution in [2.45, 2.75) is 31.9 Å². The molecule has 0 fully saturated rings. The van der Waals surface area contributed by atoms with Crippen LogP contribution >= 0.6 is 0 Å². The minimum absolute atomic E-state index is 0.0877. The SMILES string of the molecule is CN(CCOCCOCCOCCC(=O)NCC(=O)NCCCCNC=O)C(=O)CNC(=O)CCOCCN.O=C(O)C(F)(F)F. The normalized spacial score (nSPS) is 10.6. The third kappa shape index (κ3) is 31.8. The predicted molar refractivity (Wildman–Crippen MR) is 155 cm³/mol. The Morgan fingerprint density at radius 3 is 1.74 bits per heavy atom. The van der Waals surface area contributed by atoms with E-state index in [1.807, 2.05) is 0 Å². The van der Waals surface area contributed by atoms with E-state index < -0.39 is 12.1 Å². The summed E-state index contributed by atoms with van der Waals surface area (Å²) in [5.74, 6) is -3.80. The van der Waals surface area contributed by atoms with Gasteiger partial charge in [-0.05, 0) is 12.8 Å². The van der Waals surface area contributed by atoms with Crippen LogP contribution in [0.2, 0.25) is 0 Å². The highest BCUT2D eigenvalue weighted by atomic mass is 19.4. The second-order valence-electron chi connectivity index (χ2n) is 9.04. The van der Waals surface area contributed by atoms with Gasteiger partial charge in [-0.15, -0.1) is 0 Å². The maximum atomic E-state index is 12.0. The molecule has 20 heteroatoms. The maximum Gasteiger partial charge on any atom is 0.490 e. The molecule has 268 valence electrons. The number of ether oxygens (including phenoxy) is 4. The number of alkyl halides is 3. The minimum atomic E-state index is -5.08. The highest BCUT2D eigenvalue weighted by Crippen LogP contribution is 2.13. The number of carboxylic acid groups (broad SMARTS) is 1. The maximum absolute atomic E-state index is 12.0. The summed E-state index contributed by atoms with van der Waals surface area (Å²) in [5, 5.41) is 17.4. The van der Waals surface area contributed by atoms with Gasteiger partial charge in [0.2, 0.25) is 30.0 Å². The number of carboxylic acids is 1. The van der Waals surface area contributed by atoms with Gasteiger partial charge in [-0.3, -0.25) is 24.0 Å². The molecule has 0 aliphatic carbocycles.